The second-order valence-electron chi connectivity index (χ2n) is 7.88. The number of ether oxygens (including phenoxy) is 2. The highest BCUT2D eigenvalue weighted by molar-refractivity contribution is 5.79. The van der Waals surface area contributed by atoms with Gasteiger partial charge in [0.15, 0.2) is 5.82 Å². The van der Waals surface area contributed by atoms with Crippen molar-refractivity contribution in [2.24, 2.45) is 5.92 Å². The Morgan fingerprint density at radius 3 is 2.52 bits per heavy atom. The number of hydrogen-bond donors (Lipinski definition) is 1. The molecule has 1 unspecified atom stereocenters. The quantitative estimate of drug-likeness (QED) is 0.528. The maximum Gasteiger partial charge on any atom is 0.225 e. The fourth-order valence-electron chi connectivity index (χ4n) is 3.83. The van der Waals surface area contributed by atoms with Gasteiger partial charge in [0, 0.05) is 18.7 Å². The molecule has 0 radical (unpaired) electrons. The van der Waals surface area contributed by atoms with Crippen LogP contribution in [0, 0.1) is 11.7 Å². The van der Waals surface area contributed by atoms with Crippen LogP contribution in [0.25, 0.3) is 11.3 Å². The maximum absolute atomic E-state index is 13.1. The van der Waals surface area contributed by atoms with Crippen LogP contribution in [-0.2, 0) is 4.79 Å². The second kappa shape index (κ2) is 10.8. The van der Waals surface area contributed by atoms with Crippen LogP contribution in [0.1, 0.15) is 12.8 Å². The van der Waals surface area contributed by atoms with E-state index in [4.69, 9.17) is 9.47 Å². The fourth-order valence-corrected chi connectivity index (χ4v) is 3.83. The number of aromatic nitrogens is 2. The lowest BCUT2D eigenvalue weighted by molar-refractivity contribution is -0.125. The van der Waals surface area contributed by atoms with Gasteiger partial charge in [-0.25, -0.2) is 4.39 Å². The molecule has 0 spiro atoms. The summed E-state index contributed by atoms with van der Waals surface area (Å²) in [6.07, 6.45) is 1.74. The van der Waals surface area contributed by atoms with E-state index in [0.717, 1.165) is 42.3 Å². The van der Waals surface area contributed by atoms with E-state index >= 15 is 0 Å². The van der Waals surface area contributed by atoms with Gasteiger partial charge in [-0.2, -0.15) is 0 Å². The van der Waals surface area contributed by atoms with Crippen molar-refractivity contribution in [2.75, 3.05) is 38.3 Å². The third kappa shape index (κ3) is 5.97. The van der Waals surface area contributed by atoms with Crippen LogP contribution in [0.3, 0.4) is 0 Å². The second-order valence-corrected chi connectivity index (χ2v) is 7.88. The number of piperidine rings is 1. The number of benzene rings is 2. The number of methoxy groups -OCH3 is 1. The molecule has 7 nitrogen and oxygen atoms in total. The number of anilines is 1. The SMILES string of the molecule is COc1ccc(OCCNC(=O)C2CCCN(c3ccc(-c4ccc(F)cc4)nn3)C2)cc1. The molecular formula is C25H27FN4O3. The van der Waals surface area contributed by atoms with Gasteiger partial charge in [0.05, 0.1) is 25.3 Å². The first-order chi connectivity index (χ1) is 16.1. The monoisotopic (exact) mass is 450 g/mol. The predicted molar refractivity (Wildman–Crippen MR) is 124 cm³/mol. The highest BCUT2D eigenvalue weighted by Crippen LogP contribution is 2.24. The summed E-state index contributed by atoms with van der Waals surface area (Å²) in [6.45, 7) is 2.25. The lowest BCUT2D eigenvalue weighted by Crippen LogP contribution is -2.44. The van der Waals surface area contributed by atoms with Gasteiger partial charge in [0.2, 0.25) is 5.91 Å². The first kappa shape index (κ1) is 22.5. The summed E-state index contributed by atoms with van der Waals surface area (Å²) in [7, 11) is 1.62. The van der Waals surface area contributed by atoms with E-state index in [0.29, 0.717) is 25.4 Å². The van der Waals surface area contributed by atoms with Crippen molar-refractivity contribution >= 4 is 11.7 Å². The zero-order valence-electron chi connectivity index (χ0n) is 18.5. The van der Waals surface area contributed by atoms with Gasteiger partial charge in [-0.3, -0.25) is 4.79 Å². The molecule has 172 valence electrons. The Morgan fingerprint density at radius 1 is 1.06 bits per heavy atom. The normalized spacial score (nSPS) is 15.7. The zero-order chi connectivity index (χ0) is 23.0. The summed E-state index contributed by atoms with van der Waals surface area (Å²) in [5, 5.41) is 11.6. The average Bonchev–Trinajstić information content (AvgIpc) is 2.87. The third-order valence-corrected chi connectivity index (χ3v) is 5.64. The first-order valence-corrected chi connectivity index (χ1v) is 11.0. The first-order valence-electron chi connectivity index (χ1n) is 11.0. The van der Waals surface area contributed by atoms with E-state index < -0.39 is 0 Å². The van der Waals surface area contributed by atoms with E-state index in [9.17, 15) is 9.18 Å². The molecule has 2 aromatic carbocycles. The van der Waals surface area contributed by atoms with Crippen molar-refractivity contribution < 1.29 is 18.7 Å². The Morgan fingerprint density at radius 2 is 1.82 bits per heavy atom. The molecule has 1 aliphatic heterocycles. The van der Waals surface area contributed by atoms with Gasteiger partial charge in [-0.1, -0.05) is 0 Å². The number of nitrogens with zero attached hydrogens (tertiary/aromatic N) is 3. The molecule has 1 fully saturated rings. The Hall–Kier alpha value is -3.68. The third-order valence-electron chi connectivity index (χ3n) is 5.64. The molecule has 0 bridgehead atoms. The predicted octanol–water partition coefficient (Wildman–Crippen LogP) is 3.70. The van der Waals surface area contributed by atoms with Crippen molar-refractivity contribution in [2.45, 2.75) is 12.8 Å². The Kier molecular flexibility index (Phi) is 7.34. The molecule has 1 aromatic heterocycles. The minimum atomic E-state index is -0.284. The fraction of sp³-hybridized carbons (Fsp3) is 0.320. The van der Waals surface area contributed by atoms with Gasteiger partial charge in [0.25, 0.3) is 0 Å². The number of rotatable bonds is 8. The van der Waals surface area contributed by atoms with Crippen molar-refractivity contribution in [3.8, 4) is 22.8 Å². The number of carbonyl (C=O) groups excluding carboxylic acids is 1. The van der Waals surface area contributed by atoms with Crippen molar-refractivity contribution in [1.29, 1.82) is 0 Å². The molecule has 33 heavy (non-hydrogen) atoms. The van der Waals surface area contributed by atoms with E-state index in [-0.39, 0.29) is 17.6 Å². The summed E-state index contributed by atoms with van der Waals surface area (Å²) in [4.78, 5) is 14.7. The topological polar surface area (TPSA) is 76.6 Å². The molecule has 1 atom stereocenters. The lowest BCUT2D eigenvalue weighted by Gasteiger charge is -2.32. The molecule has 3 aromatic rings. The van der Waals surface area contributed by atoms with Crippen LogP contribution in [0.4, 0.5) is 10.2 Å². The largest absolute Gasteiger partial charge is 0.497 e. The zero-order valence-corrected chi connectivity index (χ0v) is 18.5. The number of nitrogens with one attached hydrogen (secondary N) is 1. The smallest absolute Gasteiger partial charge is 0.225 e. The van der Waals surface area contributed by atoms with Gasteiger partial charge in [-0.05, 0) is 73.5 Å². The van der Waals surface area contributed by atoms with Gasteiger partial charge in [-0.15, -0.1) is 10.2 Å². The van der Waals surface area contributed by atoms with Crippen LogP contribution in [-0.4, -0.2) is 49.5 Å². The van der Waals surface area contributed by atoms with E-state index in [1.807, 2.05) is 36.4 Å². The summed E-state index contributed by atoms with van der Waals surface area (Å²) in [5.41, 5.74) is 1.49. The van der Waals surface area contributed by atoms with E-state index in [1.54, 1.807) is 19.2 Å². The summed E-state index contributed by atoms with van der Waals surface area (Å²) >= 11 is 0. The van der Waals surface area contributed by atoms with Crippen LogP contribution in [0.2, 0.25) is 0 Å². The molecule has 8 heteroatoms. The lowest BCUT2D eigenvalue weighted by atomic mass is 9.97. The molecule has 0 saturated carbocycles. The highest BCUT2D eigenvalue weighted by Gasteiger charge is 2.26. The number of amides is 1. The molecule has 1 amide bonds. The van der Waals surface area contributed by atoms with Gasteiger partial charge < -0.3 is 19.7 Å². The van der Waals surface area contributed by atoms with Crippen LogP contribution in [0.5, 0.6) is 11.5 Å². The minimum absolute atomic E-state index is 0.0222. The number of carbonyl (C=O) groups is 1. The van der Waals surface area contributed by atoms with Crippen molar-refractivity contribution in [3.63, 3.8) is 0 Å². The highest BCUT2D eigenvalue weighted by atomic mass is 19.1. The van der Waals surface area contributed by atoms with Gasteiger partial charge in [0.1, 0.15) is 23.9 Å². The van der Waals surface area contributed by atoms with Crippen LogP contribution >= 0.6 is 0 Å². The molecule has 1 N–H and O–H groups in total. The number of hydrogen-bond acceptors (Lipinski definition) is 6. The standard InChI is InChI=1S/C25H27FN4O3/c1-32-21-8-10-22(11-9-21)33-16-14-27-25(31)19-3-2-15-30(17-19)24-13-12-23(28-29-24)18-4-6-20(26)7-5-18/h4-13,19H,2-3,14-17H2,1H3,(H,27,31). The molecule has 4 rings (SSSR count). The number of halogens is 1. The van der Waals surface area contributed by atoms with Gasteiger partial charge >= 0.3 is 0 Å². The van der Waals surface area contributed by atoms with Crippen molar-refractivity contribution in [1.82, 2.24) is 15.5 Å². The molecule has 1 saturated heterocycles. The Labute approximate surface area is 192 Å². The minimum Gasteiger partial charge on any atom is -0.497 e. The van der Waals surface area contributed by atoms with Crippen LogP contribution in [0.15, 0.2) is 60.7 Å². The Bertz CT molecular complexity index is 1040. The van der Waals surface area contributed by atoms with E-state index in [2.05, 4.69) is 20.4 Å². The molecule has 2 heterocycles. The molecule has 0 aliphatic carbocycles. The molecule has 1 aliphatic rings. The molecular weight excluding hydrogens is 423 g/mol. The maximum atomic E-state index is 13.1. The Balaban J connectivity index is 1.26. The summed E-state index contributed by atoms with van der Waals surface area (Å²) < 4.78 is 23.9. The van der Waals surface area contributed by atoms with Crippen LogP contribution < -0.4 is 19.7 Å². The van der Waals surface area contributed by atoms with E-state index in [1.165, 1.54) is 12.1 Å². The summed E-state index contributed by atoms with van der Waals surface area (Å²) in [6, 6.07) is 17.3. The average molecular weight is 451 g/mol. The summed E-state index contributed by atoms with van der Waals surface area (Å²) in [5.74, 6) is 1.87. The van der Waals surface area contributed by atoms with Crippen molar-refractivity contribution in [3.05, 3.63) is 66.5 Å².